The highest BCUT2D eigenvalue weighted by Crippen LogP contribution is 2.36. The van der Waals surface area contributed by atoms with Crippen LogP contribution in [0.2, 0.25) is 0 Å². The average Bonchev–Trinajstić information content (AvgIpc) is 2.69. The number of aryl methyl sites for hydroxylation is 1. The topological polar surface area (TPSA) is 114 Å². The van der Waals surface area contributed by atoms with Crippen LogP contribution in [0.15, 0.2) is 17.0 Å². The van der Waals surface area contributed by atoms with Gasteiger partial charge >= 0.3 is 0 Å². The lowest BCUT2D eigenvalue weighted by atomic mass is 9.97. The fourth-order valence-electron chi connectivity index (χ4n) is 3.54. The van der Waals surface area contributed by atoms with E-state index in [9.17, 15) is 18.0 Å². The molecule has 1 atom stereocenters. The van der Waals surface area contributed by atoms with Crippen LogP contribution in [0.5, 0.6) is 5.75 Å². The number of carbonyl (C=O) groups is 2. The van der Waals surface area contributed by atoms with Gasteiger partial charge in [0.15, 0.2) is 6.10 Å². The van der Waals surface area contributed by atoms with E-state index in [-0.39, 0.29) is 35.7 Å². The Balaban J connectivity index is 1.71. The first-order chi connectivity index (χ1) is 13.7. The summed E-state index contributed by atoms with van der Waals surface area (Å²) in [5.41, 5.74) is 0.998. The lowest BCUT2D eigenvalue weighted by molar-refractivity contribution is -0.126. The minimum atomic E-state index is -3.74. The van der Waals surface area contributed by atoms with Crippen LogP contribution < -0.4 is 15.4 Å². The lowest BCUT2D eigenvalue weighted by Gasteiger charge is -2.31. The number of methoxy groups -OCH3 is 1. The molecule has 1 saturated heterocycles. The third-order valence-electron chi connectivity index (χ3n) is 5.26. The molecule has 3 rings (SSSR count). The van der Waals surface area contributed by atoms with Gasteiger partial charge in [-0.15, -0.1) is 0 Å². The predicted molar refractivity (Wildman–Crippen MR) is 106 cm³/mol. The van der Waals surface area contributed by atoms with Crippen LogP contribution in [0.25, 0.3) is 0 Å². The number of sulfonamides is 1. The maximum absolute atomic E-state index is 13.2. The second kappa shape index (κ2) is 8.68. The van der Waals surface area contributed by atoms with Crippen molar-refractivity contribution in [3.8, 4) is 5.75 Å². The van der Waals surface area contributed by atoms with Gasteiger partial charge in [-0.3, -0.25) is 9.59 Å². The van der Waals surface area contributed by atoms with Crippen molar-refractivity contribution in [3.63, 3.8) is 0 Å². The molecule has 2 aliphatic heterocycles. The van der Waals surface area contributed by atoms with Gasteiger partial charge < -0.3 is 20.1 Å². The number of fused-ring (bicyclic) bond motifs is 1. The summed E-state index contributed by atoms with van der Waals surface area (Å²) in [5.74, 6) is -0.198. The van der Waals surface area contributed by atoms with Crippen LogP contribution in [0.3, 0.4) is 0 Å². The molecule has 10 heteroatoms. The molecular weight excluding hydrogens is 398 g/mol. The fourth-order valence-corrected chi connectivity index (χ4v) is 5.23. The number of amides is 2. The monoisotopic (exact) mass is 425 g/mol. The number of rotatable bonds is 6. The van der Waals surface area contributed by atoms with E-state index in [1.54, 1.807) is 27.0 Å². The molecule has 29 heavy (non-hydrogen) atoms. The molecule has 0 spiro atoms. The van der Waals surface area contributed by atoms with Crippen LogP contribution in [0.4, 0.5) is 5.69 Å². The first-order valence-electron chi connectivity index (χ1n) is 9.63. The third-order valence-corrected chi connectivity index (χ3v) is 7.30. The molecular formula is C19H27N3O6S. The quantitative estimate of drug-likeness (QED) is 0.654. The minimum Gasteiger partial charge on any atom is -0.479 e. The highest BCUT2D eigenvalue weighted by molar-refractivity contribution is 7.89. The average molecular weight is 426 g/mol. The summed E-state index contributed by atoms with van der Waals surface area (Å²) in [6.45, 7) is 4.72. The molecule has 9 nitrogen and oxygen atoms in total. The van der Waals surface area contributed by atoms with Crippen molar-refractivity contribution >= 4 is 27.5 Å². The largest absolute Gasteiger partial charge is 0.479 e. The minimum absolute atomic E-state index is 0.0674. The second-order valence-corrected chi connectivity index (χ2v) is 9.23. The van der Waals surface area contributed by atoms with Crippen LogP contribution in [0.1, 0.15) is 25.3 Å². The highest BCUT2D eigenvalue weighted by atomic mass is 32.2. The Morgan fingerprint density at radius 1 is 1.34 bits per heavy atom. The summed E-state index contributed by atoms with van der Waals surface area (Å²) in [7, 11) is -2.17. The molecule has 0 radical (unpaired) electrons. The molecule has 2 heterocycles. The van der Waals surface area contributed by atoms with Crippen LogP contribution in [0, 0.1) is 12.8 Å². The van der Waals surface area contributed by atoms with Crippen molar-refractivity contribution in [2.75, 3.05) is 38.7 Å². The van der Waals surface area contributed by atoms with Crippen LogP contribution in [-0.2, 0) is 24.3 Å². The molecule has 2 aliphatic rings. The smallest absolute Gasteiger partial charge is 0.265 e. The standard InChI is InChI=1S/C19H27N3O6S/c1-12-10-15-16(28-13(2)18(23)21-15)11-17(12)29(25,26)22-7-4-14(5-8-22)19(24)20-6-9-27-3/h10-11,13-14H,4-9H2,1-3H3,(H,20,24)(H,21,23)/t13-/m1/s1. The van der Waals surface area contributed by atoms with Gasteiger partial charge in [-0.25, -0.2) is 8.42 Å². The zero-order chi connectivity index (χ0) is 21.2. The van der Waals surface area contributed by atoms with Crippen molar-refractivity contribution in [1.82, 2.24) is 9.62 Å². The van der Waals surface area contributed by atoms with Gasteiger partial charge in [0.25, 0.3) is 5.91 Å². The predicted octanol–water partition coefficient (Wildman–Crippen LogP) is 0.878. The highest BCUT2D eigenvalue weighted by Gasteiger charge is 2.34. The van der Waals surface area contributed by atoms with E-state index >= 15 is 0 Å². The first-order valence-corrected chi connectivity index (χ1v) is 11.1. The van der Waals surface area contributed by atoms with Gasteiger partial charge in [-0.1, -0.05) is 0 Å². The number of anilines is 1. The number of piperidine rings is 1. The molecule has 0 saturated carbocycles. The number of carbonyl (C=O) groups excluding carboxylic acids is 2. The molecule has 1 fully saturated rings. The Bertz CT molecular complexity index is 893. The van der Waals surface area contributed by atoms with Gasteiger partial charge in [-0.05, 0) is 38.3 Å². The van der Waals surface area contributed by atoms with Crippen molar-refractivity contribution < 1.29 is 27.5 Å². The van der Waals surface area contributed by atoms with Gasteiger partial charge in [0, 0.05) is 38.7 Å². The molecule has 1 aromatic rings. The molecule has 0 aromatic heterocycles. The number of nitrogens with zero attached hydrogens (tertiary/aromatic N) is 1. The maximum atomic E-state index is 13.2. The van der Waals surface area contributed by atoms with Crippen molar-refractivity contribution in [1.29, 1.82) is 0 Å². The molecule has 1 aromatic carbocycles. The third kappa shape index (κ3) is 4.54. The van der Waals surface area contributed by atoms with E-state index < -0.39 is 16.1 Å². The summed E-state index contributed by atoms with van der Waals surface area (Å²) in [5, 5.41) is 5.53. The summed E-state index contributed by atoms with van der Waals surface area (Å²) in [6.07, 6.45) is 0.241. The fraction of sp³-hybridized carbons (Fsp3) is 0.579. The summed E-state index contributed by atoms with van der Waals surface area (Å²) >= 11 is 0. The van der Waals surface area contributed by atoms with Gasteiger partial charge in [0.1, 0.15) is 5.75 Å². The summed E-state index contributed by atoms with van der Waals surface area (Å²) in [4.78, 5) is 24.1. The molecule has 2 amide bonds. The maximum Gasteiger partial charge on any atom is 0.265 e. The lowest BCUT2D eigenvalue weighted by Crippen LogP contribution is -2.43. The van der Waals surface area contributed by atoms with E-state index in [2.05, 4.69) is 10.6 Å². The van der Waals surface area contributed by atoms with E-state index in [1.807, 2.05) is 0 Å². The zero-order valence-corrected chi connectivity index (χ0v) is 17.7. The number of nitrogens with one attached hydrogen (secondary N) is 2. The molecule has 160 valence electrons. The van der Waals surface area contributed by atoms with Gasteiger partial charge in [0.05, 0.1) is 17.2 Å². The molecule has 2 N–H and O–H groups in total. The second-order valence-electron chi connectivity index (χ2n) is 7.33. The number of hydrogen-bond donors (Lipinski definition) is 2. The number of hydrogen-bond acceptors (Lipinski definition) is 6. The Morgan fingerprint density at radius 3 is 2.69 bits per heavy atom. The SMILES string of the molecule is COCCNC(=O)C1CCN(S(=O)(=O)c2cc3c(cc2C)NC(=O)[C@@H](C)O3)CC1. The Kier molecular flexibility index (Phi) is 6.45. The van der Waals surface area contributed by atoms with Crippen molar-refractivity contribution in [3.05, 3.63) is 17.7 Å². The van der Waals surface area contributed by atoms with E-state index in [4.69, 9.17) is 9.47 Å². The Morgan fingerprint density at radius 2 is 2.03 bits per heavy atom. The van der Waals surface area contributed by atoms with E-state index in [0.717, 1.165) is 0 Å². The molecule has 0 bridgehead atoms. The Hall–Kier alpha value is -2.17. The zero-order valence-electron chi connectivity index (χ0n) is 16.9. The number of benzene rings is 1. The van der Waals surface area contributed by atoms with E-state index in [0.29, 0.717) is 43.0 Å². The Labute approximate surface area is 170 Å². The summed E-state index contributed by atoms with van der Waals surface area (Å²) < 4.78 is 38.3. The first kappa shape index (κ1) is 21.5. The van der Waals surface area contributed by atoms with Gasteiger partial charge in [-0.2, -0.15) is 4.31 Å². The molecule has 0 unspecified atom stereocenters. The van der Waals surface area contributed by atoms with Crippen LogP contribution in [-0.4, -0.2) is 64.0 Å². The number of ether oxygens (including phenoxy) is 2. The van der Waals surface area contributed by atoms with E-state index in [1.165, 1.54) is 10.4 Å². The normalized spacial score (nSPS) is 20.5. The van der Waals surface area contributed by atoms with Crippen LogP contribution >= 0.6 is 0 Å². The molecule has 0 aliphatic carbocycles. The van der Waals surface area contributed by atoms with Crippen molar-refractivity contribution in [2.45, 2.75) is 37.7 Å². The van der Waals surface area contributed by atoms with Gasteiger partial charge in [0.2, 0.25) is 15.9 Å². The van der Waals surface area contributed by atoms with Crippen molar-refractivity contribution in [2.24, 2.45) is 5.92 Å². The summed E-state index contributed by atoms with van der Waals surface area (Å²) in [6, 6.07) is 3.08.